The lowest BCUT2D eigenvalue weighted by Gasteiger charge is -2.47. The summed E-state index contributed by atoms with van der Waals surface area (Å²) in [4.78, 5) is 13.7. The Morgan fingerprint density at radius 1 is 1.36 bits per heavy atom. The predicted molar refractivity (Wildman–Crippen MR) is 57.8 cm³/mol. The zero-order chi connectivity index (χ0) is 11.1. The van der Waals surface area contributed by atoms with E-state index >= 15 is 0 Å². The van der Waals surface area contributed by atoms with Gasteiger partial charge in [0.25, 0.3) is 0 Å². The van der Waals surface area contributed by atoms with Crippen molar-refractivity contribution in [3.05, 3.63) is 0 Å². The van der Waals surface area contributed by atoms with Gasteiger partial charge in [0.05, 0.1) is 6.04 Å². The minimum atomic E-state index is -0.376. The largest absolute Gasteiger partial charge is 0.340 e. The molecule has 1 aliphatic heterocycles. The number of carbonyl (C=O) groups is 1. The highest BCUT2D eigenvalue weighted by molar-refractivity contribution is 5.83. The maximum Gasteiger partial charge on any atom is 0.240 e. The molecule has 1 heterocycles. The lowest BCUT2D eigenvalue weighted by Crippen LogP contribution is -2.61. The first-order chi connectivity index (χ1) is 6.13. The smallest absolute Gasteiger partial charge is 0.240 e. The zero-order valence-electron chi connectivity index (χ0n) is 9.92. The Balaban J connectivity index is 2.53. The quantitative estimate of drug-likeness (QED) is 0.689. The molecule has 1 aliphatic rings. The van der Waals surface area contributed by atoms with Crippen LogP contribution in [0.3, 0.4) is 0 Å². The molecule has 1 rings (SSSR count). The third-order valence-electron chi connectivity index (χ3n) is 2.75. The van der Waals surface area contributed by atoms with E-state index in [1.807, 2.05) is 25.7 Å². The summed E-state index contributed by atoms with van der Waals surface area (Å²) >= 11 is 0. The van der Waals surface area contributed by atoms with Crippen LogP contribution in [0.2, 0.25) is 0 Å². The van der Waals surface area contributed by atoms with E-state index in [2.05, 4.69) is 13.8 Å². The number of likely N-dealkylation sites (tertiary alicyclic amines) is 1. The van der Waals surface area contributed by atoms with Gasteiger partial charge in [0.15, 0.2) is 0 Å². The standard InChI is InChI=1S/C11H22N2O/c1-10(2,3)8(12)9(14)13-6-11(4,5)7-13/h8H,6-7,12H2,1-5H3/t8-/m1/s1. The first-order valence-corrected chi connectivity index (χ1v) is 5.18. The molecule has 1 fully saturated rings. The number of amides is 1. The van der Waals surface area contributed by atoms with Gasteiger partial charge >= 0.3 is 0 Å². The second-order valence-corrected chi connectivity index (χ2v) is 6.20. The van der Waals surface area contributed by atoms with Crippen molar-refractivity contribution in [3.63, 3.8) is 0 Å². The van der Waals surface area contributed by atoms with Crippen LogP contribution in [-0.4, -0.2) is 29.9 Å². The molecule has 82 valence electrons. The van der Waals surface area contributed by atoms with E-state index < -0.39 is 0 Å². The number of hydrogen-bond donors (Lipinski definition) is 1. The maximum atomic E-state index is 11.9. The summed E-state index contributed by atoms with van der Waals surface area (Å²) in [6.07, 6.45) is 0. The number of carbonyl (C=O) groups excluding carboxylic acids is 1. The summed E-state index contributed by atoms with van der Waals surface area (Å²) in [5.41, 5.74) is 6.04. The van der Waals surface area contributed by atoms with Gasteiger partial charge in [-0.25, -0.2) is 0 Å². The second-order valence-electron chi connectivity index (χ2n) is 6.20. The molecule has 0 aromatic rings. The topological polar surface area (TPSA) is 46.3 Å². The molecule has 3 nitrogen and oxygen atoms in total. The maximum absolute atomic E-state index is 11.9. The summed E-state index contributed by atoms with van der Waals surface area (Å²) < 4.78 is 0. The van der Waals surface area contributed by atoms with Gasteiger partial charge in [0, 0.05) is 13.1 Å². The normalized spacial score (nSPS) is 22.9. The Morgan fingerprint density at radius 3 is 2.07 bits per heavy atom. The van der Waals surface area contributed by atoms with Crippen molar-refractivity contribution in [3.8, 4) is 0 Å². The Morgan fingerprint density at radius 2 is 1.79 bits per heavy atom. The lowest BCUT2D eigenvalue weighted by atomic mass is 9.81. The molecule has 2 N–H and O–H groups in total. The van der Waals surface area contributed by atoms with E-state index in [-0.39, 0.29) is 22.8 Å². The number of nitrogens with two attached hydrogens (primary N) is 1. The van der Waals surface area contributed by atoms with Crippen LogP contribution in [0.1, 0.15) is 34.6 Å². The number of hydrogen-bond acceptors (Lipinski definition) is 2. The fraction of sp³-hybridized carbons (Fsp3) is 0.909. The Bertz CT molecular complexity index is 232. The molecule has 1 amide bonds. The average Bonchev–Trinajstić information content (AvgIpc) is 1.95. The molecular weight excluding hydrogens is 176 g/mol. The molecule has 0 aromatic carbocycles. The van der Waals surface area contributed by atoms with Crippen LogP contribution in [0.25, 0.3) is 0 Å². The molecule has 1 atom stereocenters. The minimum absolute atomic E-state index is 0.0943. The average molecular weight is 198 g/mol. The van der Waals surface area contributed by atoms with Gasteiger partial charge in [-0.1, -0.05) is 34.6 Å². The predicted octanol–water partition coefficient (Wildman–Crippen LogP) is 1.23. The van der Waals surface area contributed by atoms with Crippen LogP contribution < -0.4 is 5.73 Å². The monoisotopic (exact) mass is 198 g/mol. The summed E-state index contributed by atoms with van der Waals surface area (Å²) in [6.45, 7) is 12.0. The van der Waals surface area contributed by atoms with Gasteiger partial charge in [-0.2, -0.15) is 0 Å². The first kappa shape index (κ1) is 11.5. The highest BCUT2D eigenvalue weighted by Gasteiger charge is 2.41. The van der Waals surface area contributed by atoms with Gasteiger partial charge in [-0.15, -0.1) is 0 Å². The molecular formula is C11H22N2O. The molecule has 0 aliphatic carbocycles. The molecule has 0 unspecified atom stereocenters. The molecule has 0 bridgehead atoms. The minimum Gasteiger partial charge on any atom is -0.340 e. The van der Waals surface area contributed by atoms with Crippen molar-refractivity contribution in [1.82, 2.24) is 4.90 Å². The van der Waals surface area contributed by atoms with Crippen molar-refractivity contribution in [2.75, 3.05) is 13.1 Å². The van der Waals surface area contributed by atoms with Crippen molar-refractivity contribution in [2.24, 2.45) is 16.6 Å². The summed E-state index contributed by atoms with van der Waals surface area (Å²) in [6, 6.07) is -0.376. The van der Waals surface area contributed by atoms with Crippen molar-refractivity contribution in [1.29, 1.82) is 0 Å². The molecule has 0 saturated carbocycles. The second kappa shape index (κ2) is 3.23. The van der Waals surface area contributed by atoms with E-state index in [1.165, 1.54) is 0 Å². The Hall–Kier alpha value is -0.570. The summed E-state index contributed by atoms with van der Waals surface area (Å²) in [5.74, 6) is 0.0943. The van der Waals surface area contributed by atoms with Crippen molar-refractivity contribution >= 4 is 5.91 Å². The zero-order valence-corrected chi connectivity index (χ0v) is 9.92. The van der Waals surface area contributed by atoms with Crippen LogP contribution in [-0.2, 0) is 4.79 Å². The van der Waals surface area contributed by atoms with Gasteiger partial charge in [0.2, 0.25) is 5.91 Å². The molecule has 1 saturated heterocycles. The van der Waals surface area contributed by atoms with Crippen molar-refractivity contribution in [2.45, 2.75) is 40.7 Å². The van der Waals surface area contributed by atoms with E-state index in [1.54, 1.807) is 0 Å². The van der Waals surface area contributed by atoms with Gasteiger partial charge in [-0.05, 0) is 10.8 Å². The van der Waals surface area contributed by atoms with Gasteiger partial charge in [0.1, 0.15) is 0 Å². The van der Waals surface area contributed by atoms with Crippen LogP contribution in [0.15, 0.2) is 0 Å². The summed E-state index contributed by atoms with van der Waals surface area (Å²) in [5, 5.41) is 0. The molecule has 14 heavy (non-hydrogen) atoms. The SMILES string of the molecule is CC1(C)CN(C(=O)[C@@H](N)C(C)(C)C)C1. The third-order valence-corrected chi connectivity index (χ3v) is 2.75. The third kappa shape index (κ3) is 2.27. The molecule has 0 aromatic heterocycles. The summed E-state index contributed by atoms with van der Waals surface area (Å²) in [7, 11) is 0. The van der Waals surface area contributed by atoms with Crippen LogP contribution in [0.4, 0.5) is 0 Å². The fourth-order valence-electron chi connectivity index (χ4n) is 1.71. The highest BCUT2D eigenvalue weighted by Crippen LogP contribution is 2.30. The molecule has 0 spiro atoms. The lowest BCUT2D eigenvalue weighted by molar-refractivity contribution is -0.145. The fourth-order valence-corrected chi connectivity index (χ4v) is 1.71. The van der Waals surface area contributed by atoms with Crippen LogP contribution >= 0.6 is 0 Å². The van der Waals surface area contributed by atoms with E-state index in [0.717, 1.165) is 13.1 Å². The van der Waals surface area contributed by atoms with Gasteiger partial charge < -0.3 is 10.6 Å². The van der Waals surface area contributed by atoms with E-state index in [4.69, 9.17) is 5.73 Å². The Labute approximate surface area is 86.6 Å². The Kier molecular flexibility index (Phi) is 2.65. The van der Waals surface area contributed by atoms with Crippen molar-refractivity contribution < 1.29 is 4.79 Å². The number of nitrogens with zero attached hydrogens (tertiary/aromatic N) is 1. The highest BCUT2D eigenvalue weighted by atomic mass is 16.2. The molecule has 3 heteroatoms. The number of rotatable bonds is 1. The van der Waals surface area contributed by atoms with E-state index in [9.17, 15) is 4.79 Å². The van der Waals surface area contributed by atoms with Crippen LogP contribution in [0.5, 0.6) is 0 Å². The first-order valence-electron chi connectivity index (χ1n) is 5.18. The van der Waals surface area contributed by atoms with E-state index in [0.29, 0.717) is 0 Å². The van der Waals surface area contributed by atoms with Gasteiger partial charge in [-0.3, -0.25) is 4.79 Å². The molecule has 0 radical (unpaired) electrons. The van der Waals surface area contributed by atoms with Crippen LogP contribution in [0, 0.1) is 10.8 Å².